The molecular formula is C48H58N4O13. The standard InChI is InChI=1S/C48H58N4O13/c1-22-12-11-13-23(2)47(60)50-38-42(58)34-33(37-45(38)64-32-21-29(20-30(54)36(32)49-37)52-17-15-51(9)16-18-52)35-44(27(6)41(34)57)65-48(8,46(35)59)62-19-14-31(61-10)24(3)43(63-28(7)53)26(5)40(56)25(4)39(22)55/h11-14,19-22,24-26,31,39-40,43,55-57,59H,15-18H2,1-10H3,(H,50,60)/b12-11+,19-14-,23-13+/t22-,24+,25+,26+,31-,39-,40+,43+,48-/m0/s1. The lowest BCUT2D eigenvalue weighted by atomic mass is 9.78. The topological polar surface area (TPSA) is 231 Å². The van der Waals surface area contributed by atoms with E-state index in [-0.39, 0.29) is 60.8 Å². The molecule has 3 aromatic carbocycles. The molecule has 1 amide bonds. The normalized spacial score (nSPS) is 30.2. The van der Waals surface area contributed by atoms with Crippen molar-refractivity contribution in [3.8, 4) is 11.5 Å². The van der Waals surface area contributed by atoms with Gasteiger partial charge < -0.3 is 58.9 Å². The molecule has 1 fully saturated rings. The highest BCUT2D eigenvalue weighted by molar-refractivity contribution is 6.16. The van der Waals surface area contributed by atoms with E-state index in [9.17, 15) is 39.6 Å². The maximum absolute atomic E-state index is 14.8. The molecule has 0 unspecified atom stereocenters. The molecule has 348 valence electrons. The molecule has 1 aromatic heterocycles. The molecule has 9 atom stereocenters. The van der Waals surface area contributed by atoms with E-state index < -0.39 is 88.1 Å². The van der Waals surface area contributed by atoms with E-state index in [4.69, 9.17) is 28.3 Å². The number of aromatic hydroxyl groups is 1. The fraction of sp³-hybridized carbons (Fsp3) is 0.479. The molecule has 0 radical (unpaired) electrons. The van der Waals surface area contributed by atoms with Gasteiger partial charge in [-0.25, -0.2) is 4.98 Å². The number of amides is 1. The van der Waals surface area contributed by atoms with Gasteiger partial charge in [0.25, 0.3) is 5.91 Å². The van der Waals surface area contributed by atoms with Crippen LogP contribution in [0, 0.1) is 30.6 Å². The van der Waals surface area contributed by atoms with Crippen LogP contribution < -0.4 is 31.0 Å². The van der Waals surface area contributed by atoms with Crippen molar-refractivity contribution in [2.75, 3.05) is 50.6 Å². The summed E-state index contributed by atoms with van der Waals surface area (Å²) in [6, 6.07) is 3.12. The van der Waals surface area contributed by atoms with E-state index >= 15 is 0 Å². The van der Waals surface area contributed by atoms with Gasteiger partial charge in [0, 0.05) is 105 Å². The summed E-state index contributed by atoms with van der Waals surface area (Å²) in [5, 5.41) is 49.1. The highest BCUT2D eigenvalue weighted by Crippen LogP contribution is 2.42. The fourth-order valence-electron chi connectivity index (χ4n) is 9.12. The lowest BCUT2D eigenvalue weighted by Gasteiger charge is -2.38. The van der Waals surface area contributed by atoms with Gasteiger partial charge in [-0.05, 0) is 27.0 Å². The summed E-state index contributed by atoms with van der Waals surface area (Å²) in [6.45, 7) is 15.4. The fourth-order valence-corrected chi connectivity index (χ4v) is 9.12. The van der Waals surface area contributed by atoms with Crippen molar-refractivity contribution >= 4 is 62.0 Å². The number of aromatic nitrogens is 1. The monoisotopic (exact) mass is 898 g/mol. The number of piperazine rings is 1. The van der Waals surface area contributed by atoms with E-state index in [0.717, 1.165) is 13.1 Å². The number of hydrogen-bond acceptors (Lipinski definition) is 16. The Morgan fingerprint density at radius 2 is 1.63 bits per heavy atom. The quantitative estimate of drug-likeness (QED) is 0.110. The number of esters is 1. The number of aliphatic hydroxyl groups excluding tert-OH is 3. The number of carbonyl (C=O) groups excluding carboxylic acids is 2. The van der Waals surface area contributed by atoms with Crippen LogP contribution >= 0.6 is 0 Å². The molecule has 17 nitrogen and oxygen atoms in total. The Balaban J connectivity index is 1.48. The number of benzene rings is 3. The van der Waals surface area contributed by atoms with Gasteiger partial charge in [0.05, 0.1) is 35.2 Å². The highest BCUT2D eigenvalue weighted by atomic mass is 16.7. The number of fused-ring (bicyclic) bond motifs is 2. The van der Waals surface area contributed by atoms with Gasteiger partial charge in [-0.15, -0.1) is 0 Å². The third kappa shape index (κ3) is 8.53. The Morgan fingerprint density at radius 1 is 0.938 bits per heavy atom. The number of allylic oxidation sites excluding steroid dienone is 2. The van der Waals surface area contributed by atoms with E-state index in [0.29, 0.717) is 18.8 Å². The zero-order valence-corrected chi connectivity index (χ0v) is 38.3. The molecule has 0 aliphatic carbocycles. The first kappa shape index (κ1) is 47.0. The third-order valence-corrected chi connectivity index (χ3v) is 13.3. The van der Waals surface area contributed by atoms with Crippen molar-refractivity contribution in [3.63, 3.8) is 0 Å². The Morgan fingerprint density at radius 3 is 2.29 bits per heavy atom. The van der Waals surface area contributed by atoms with Gasteiger partial charge in [0.2, 0.25) is 10.9 Å². The third-order valence-electron chi connectivity index (χ3n) is 13.3. The SMILES string of the molecule is CO[C@H]1/C=C\O[C@@]2(C)Oc3c(C)c(O)c4c(=O)c(c5oc6cc(N7CCN(C)CC7)cc(=O)c6nc5c4c3=C2O)NC(=O)/C(C)=C/C=C/[C@H](C)[C@H](O)[C@@H](C)[C@@H](O)[C@@H](C)[C@H](OC(C)=O)[C@@H]1C. The van der Waals surface area contributed by atoms with Gasteiger partial charge >= 0.3 is 11.8 Å². The summed E-state index contributed by atoms with van der Waals surface area (Å²) >= 11 is 0. The first-order valence-electron chi connectivity index (χ1n) is 21.8. The van der Waals surface area contributed by atoms with Gasteiger partial charge in [-0.1, -0.05) is 45.9 Å². The predicted octanol–water partition coefficient (Wildman–Crippen LogP) is 4.31. The minimum absolute atomic E-state index is 0.0337. The molecule has 4 heterocycles. The van der Waals surface area contributed by atoms with Crippen molar-refractivity contribution in [2.24, 2.45) is 23.7 Å². The highest BCUT2D eigenvalue weighted by Gasteiger charge is 2.44. The van der Waals surface area contributed by atoms with Crippen molar-refractivity contribution in [1.29, 1.82) is 0 Å². The molecule has 4 aromatic rings. The van der Waals surface area contributed by atoms with Crippen molar-refractivity contribution in [2.45, 2.75) is 85.6 Å². The average molecular weight is 899 g/mol. The number of anilines is 2. The number of rotatable bonds is 3. The number of nitrogens with zero attached hydrogens (tertiary/aromatic N) is 3. The largest absolute Gasteiger partial charge is 0.507 e. The Labute approximate surface area is 375 Å². The zero-order valence-electron chi connectivity index (χ0n) is 38.3. The summed E-state index contributed by atoms with van der Waals surface area (Å²) in [4.78, 5) is 64.1. The molecule has 1 saturated heterocycles. The molecule has 3 aliphatic rings. The average Bonchev–Trinajstić information content (AvgIpc) is 3.54. The van der Waals surface area contributed by atoms with E-state index in [1.165, 1.54) is 59.3 Å². The summed E-state index contributed by atoms with van der Waals surface area (Å²) in [5.41, 5.74) is -1.39. The summed E-state index contributed by atoms with van der Waals surface area (Å²) in [6.07, 6.45) is 3.56. The number of carbonyl (C=O) groups is 2. The summed E-state index contributed by atoms with van der Waals surface area (Å²) in [7, 11) is 3.46. The predicted molar refractivity (Wildman–Crippen MR) is 245 cm³/mol. The molecule has 0 saturated carbocycles. The van der Waals surface area contributed by atoms with Crippen LogP contribution in [0.25, 0.3) is 38.7 Å². The molecule has 3 aliphatic heterocycles. The number of phenols is 1. The van der Waals surface area contributed by atoms with Gasteiger partial charge in [0.15, 0.2) is 22.4 Å². The van der Waals surface area contributed by atoms with Crippen LogP contribution in [-0.2, 0) is 23.8 Å². The molecule has 65 heavy (non-hydrogen) atoms. The number of phenolic OH excluding ortho intramolecular Hbond substituents is 1. The maximum Gasteiger partial charge on any atom is 0.307 e. The molecule has 17 heteroatoms. The second-order valence-electron chi connectivity index (χ2n) is 17.8. The zero-order chi connectivity index (χ0) is 47.4. The van der Waals surface area contributed by atoms with Gasteiger partial charge in [0.1, 0.15) is 28.8 Å². The Kier molecular flexibility index (Phi) is 13.1. The van der Waals surface area contributed by atoms with E-state index in [1.54, 1.807) is 45.9 Å². The molecule has 5 N–H and O–H groups in total. The van der Waals surface area contributed by atoms with E-state index in [2.05, 4.69) is 10.2 Å². The second kappa shape index (κ2) is 18.1. The van der Waals surface area contributed by atoms with Gasteiger partial charge in [-0.2, -0.15) is 0 Å². The van der Waals surface area contributed by atoms with Crippen molar-refractivity contribution in [1.82, 2.24) is 9.88 Å². The van der Waals surface area contributed by atoms with Crippen LogP contribution in [0.3, 0.4) is 0 Å². The Hall–Kier alpha value is -6.01. The van der Waals surface area contributed by atoms with Crippen LogP contribution in [0.1, 0.15) is 54.0 Å². The number of ether oxygens (including phenoxy) is 4. The second-order valence-corrected chi connectivity index (χ2v) is 17.8. The van der Waals surface area contributed by atoms with Crippen LogP contribution in [0.15, 0.2) is 62.3 Å². The van der Waals surface area contributed by atoms with Crippen molar-refractivity contribution in [3.05, 3.63) is 79.5 Å². The first-order valence-corrected chi connectivity index (χ1v) is 21.8. The summed E-state index contributed by atoms with van der Waals surface area (Å²) < 4.78 is 30.4. The van der Waals surface area contributed by atoms with Crippen LogP contribution in [-0.4, -0.2) is 113 Å². The molecule has 4 bridgehead atoms. The molecule has 7 rings (SSSR count). The lowest BCUT2D eigenvalue weighted by Crippen LogP contribution is -2.46. The van der Waals surface area contributed by atoms with Crippen LogP contribution in [0.4, 0.5) is 11.4 Å². The minimum Gasteiger partial charge on any atom is -0.507 e. The Bertz CT molecular complexity index is 2830. The van der Waals surface area contributed by atoms with Crippen molar-refractivity contribution < 1.29 is 53.4 Å². The number of methoxy groups -OCH3 is 1. The number of likely N-dealkylation sites (N-methyl/N-ethyl adjacent to an activating group) is 1. The lowest BCUT2D eigenvalue weighted by molar-refractivity contribution is -0.160. The number of aliphatic hydroxyl groups is 3. The first-order chi connectivity index (χ1) is 30.7. The molecular weight excluding hydrogens is 841 g/mol. The van der Waals surface area contributed by atoms with Gasteiger partial charge in [-0.3, -0.25) is 19.2 Å². The van der Waals surface area contributed by atoms with Crippen LogP contribution in [0.5, 0.6) is 11.5 Å². The van der Waals surface area contributed by atoms with E-state index in [1.807, 2.05) is 11.9 Å². The summed E-state index contributed by atoms with van der Waals surface area (Å²) in [5.74, 6) is -6.92. The maximum atomic E-state index is 14.8. The van der Waals surface area contributed by atoms with Crippen LogP contribution in [0.2, 0.25) is 0 Å². The minimum atomic E-state index is -1.98. The number of nitrogens with one attached hydrogen (secondary N) is 1. The molecule has 0 spiro atoms. The smallest absolute Gasteiger partial charge is 0.307 e. The number of hydrogen-bond donors (Lipinski definition) is 5.